The number of rotatable bonds is 5. The predicted molar refractivity (Wildman–Crippen MR) is 182 cm³/mol. The maximum Gasteiger partial charge on any atom is 0.0640 e. The standard InChI is InChI=1S/C40H27NS/c1-3-14-28(15-4-1)31-22-11-16-29-17-12-23-34(39(29)31)32-20-7-9-25-36(32)41(30-18-5-2-6-19-30)37-26-13-24-35-33-21-8-10-27-38(33)42-40(35)37/h1-27H. The zero-order valence-corrected chi connectivity index (χ0v) is 23.8. The van der Waals surface area contributed by atoms with E-state index >= 15 is 0 Å². The van der Waals surface area contributed by atoms with E-state index in [9.17, 15) is 0 Å². The maximum atomic E-state index is 2.44. The minimum Gasteiger partial charge on any atom is -0.308 e. The summed E-state index contributed by atoms with van der Waals surface area (Å²) in [6.07, 6.45) is 0. The third-order valence-corrected chi connectivity index (χ3v) is 9.27. The zero-order chi connectivity index (χ0) is 27.9. The molecule has 0 saturated heterocycles. The highest BCUT2D eigenvalue weighted by Gasteiger charge is 2.21. The molecular formula is C40H27NS. The van der Waals surface area contributed by atoms with Gasteiger partial charge in [0, 0.05) is 26.7 Å². The largest absolute Gasteiger partial charge is 0.308 e. The average Bonchev–Trinajstić information content (AvgIpc) is 3.45. The molecule has 0 N–H and O–H groups in total. The van der Waals surface area contributed by atoms with Gasteiger partial charge in [0.05, 0.1) is 16.1 Å². The molecule has 0 fully saturated rings. The van der Waals surface area contributed by atoms with Gasteiger partial charge in [0.2, 0.25) is 0 Å². The van der Waals surface area contributed by atoms with Crippen molar-refractivity contribution in [2.75, 3.05) is 4.90 Å². The molecule has 0 saturated carbocycles. The van der Waals surface area contributed by atoms with E-state index in [2.05, 4.69) is 169 Å². The smallest absolute Gasteiger partial charge is 0.0640 e. The van der Waals surface area contributed by atoms with Crippen LogP contribution in [0.2, 0.25) is 0 Å². The predicted octanol–water partition coefficient (Wildman–Crippen LogP) is 12.0. The number of para-hydroxylation sites is 2. The Labute approximate surface area is 249 Å². The lowest BCUT2D eigenvalue weighted by molar-refractivity contribution is 1.30. The lowest BCUT2D eigenvalue weighted by Crippen LogP contribution is -2.11. The molecule has 42 heavy (non-hydrogen) atoms. The van der Waals surface area contributed by atoms with Crippen LogP contribution in [0.25, 0.3) is 53.2 Å². The Balaban J connectivity index is 1.43. The van der Waals surface area contributed by atoms with E-state index in [4.69, 9.17) is 0 Å². The van der Waals surface area contributed by atoms with Crippen molar-refractivity contribution in [3.05, 3.63) is 164 Å². The van der Waals surface area contributed by atoms with Gasteiger partial charge in [-0.1, -0.05) is 133 Å². The summed E-state index contributed by atoms with van der Waals surface area (Å²) in [6, 6.07) is 59.1. The van der Waals surface area contributed by atoms with Gasteiger partial charge in [-0.25, -0.2) is 0 Å². The van der Waals surface area contributed by atoms with E-state index in [1.807, 2.05) is 11.3 Å². The van der Waals surface area contributed by atoms with Crippen molar-refractivity contribution >= 4 is 59.3 Å². The molecule has 0 spiro atoms. The van der Waals surface area contributed by atoms with Gasteiger partial charge in [0.25, 0.3) is 0 Å². The number of anilines is 3. The first-order valence-corrected chi connectivity index (χ1v) is 15.1. The molecule has 0 unspecified atom stereocenters. The summed E-state index contributed by atoms with van der Waals surface area (Å²) >= 11 is 1.87. The van der Waals surface area contributed by atoms with Gasteiger partial charge < -0.3 is 4.90 Å². The van der Waals surface area contributed by atoms with Crippen LogP contribution < -0.4 is 4.90 Å². The Bertz CT molecular complexity index is 2190. The first-order valence-electron chi connectivity index (χ1n) is 14.3. The molecule has 2 heteroatoms. The van der Waals surface area contributed by atoms with Crippen LogP contribution in [-0.2, 0) is 0 Å². The van der Waals surface area contributed by atoms with Gasteiger partial charge in [-0.15, -0.1) is 11.3 Å². The number of benzene rings is 7. The first-order chi connectivity index (χ1) is 20.9. The Morgan fingerprint density at radius 3 is 1.83 bits per heavy atom. The molecule has 198 valence electrons. The quantitative estimate of drug-likeness (QED) is 0.205. The van der Waals surface area contributed by atoms with Gasteiger partial charge in [-0.3, -0.25) is 0 Å². The summed E-state index contributed by atoms with van der Waals surface area (Å²) in [5.41, 5.74) is 8.39. The van der Waals surface area contributed by atoms with Crippen molar-refractivity contribution in [2.24, 2.45) is 0 Å². The van der Waals surface area contributed by atoms with E-state index in [1.165, 1.54) is 58.9 Å². The van der Waals surface area contributed by atoms with Crippen molar-refractivity contribution in [2.45, 2.75) is 0 Å². The highest BCUT2D eigenvalue weighted by Crippen LogP contribution is 2.48. The number of hydrogen-bond acceptors (Lipinski definition) is 2. The molecule has 1 nitrogen and oxygen atoms in total. The van der Waals surface area contributed by atoms with E-state index in [0.29, 0.717) is 0 Å². The minimum atomic E-state index is 1.14. The fourth-order valence-corrected chi connectivity index (χ4v) is 7.42. The summed E-state index contributed by atoms with van der Waals surface area (Å²) in [5, 5.41) is 5.11. The molecule has 0 amide bonds. The second kappa shape index (κ2) is 10.3. The molecule has 1 heterocycles. The first kappa shape index (κ1) is 24.6. The number of nitrogens with zero attached hydrogens (tertiary/aromatic N) is 1. The Hall–Kier alpha value is -5.18. The van der Waals surface area contributed by atoms with Gasteiger partial charge in [0.1, 0.15) is 0 Å². The zero-order valence-electron chi connectivity index (χ0n) is 22.9. The molecule has 1 aromatic heterocycles. The Morgan fingerprint density at radius 2 is 1.00 bits per heavy atom. The molecule has 0 radical (unpaired) electrons. The molecular weight excluding hydrogens is 527 g/mol. The summed E-state index contributed by atoms with van der Waals surface area (Å²) < 4.78 is 2.60. The van der Waals surface area contributed by atoms with Gasteiger partial charge in [0.15, 0.2) is 0 Å². The monoisotopic (exact) mass is 553 g/mol. The summed E-state index contributed by atoms with van der Waals surface area (Å²) in [4.78, 5) is 2.44. The molecule has 0 aliphatic rings. The molecule has 8 aromatic rings. The van der Waals surface area contributed by atoms with Crippen LogP contribution in [-0.4, -0.2) is 0 Å². The van der Waals surface area contributed by atoms with Crippen LogP contribution in [0.4, 0.5) is 17.1 Å². The lowest BCUT2D eigenvalue weighted by Gasteiger charge is -2.28. The van der Waals surface area contributed by atoms with Crippen molar-refractivity contribution in [1.29, 1.82) is 0 Å². The van der Waals surface area contributed by atoms with Gasteiger partial charge >= 0.3 is 0 Å². The van der Waals surface area contributed by atoms with Crippen LogP contribution in [0.1, 0.15) is 0 Å². The second-order valence-electron chi connectivity index (χ2n) is 10.5. The molecule has 7 aromatic carbocycles. The second-order valence-corrected chi connectivity index (χ2v) is 11.6. The van der Waals surface area contributed by atoms with E-state index in [0.717, 1.165) is 11.4 Å². The lowest BCUT2D eigenvalue weighted by atomic mass is 9.90. The number of thiophene rings is 1. The number of fused-ring (bicyclic) bond motifs is 4. The van der Waals surface area contributed by atoms with Gasteiger partial charge in [-0.2, -0.15) is 0 Å². The van der Waals surface area contributed by atoms with E-state index < -0.39 is 0 Å². The van der Waals surface area contributed by atoms with Crippen LogP contribution in [0.15, 0.2) is 164 Å². The highest BCUT2D eigenvalue weighted by molar-refractivity contribution is 7.26. The van der Waals surface area contributed by atoms with Crippen molar-refractivity contribution in [3.8, 4) is 22.3 Å². The molecule has 0 aliphatic heterocycles. The van der Waals surface area contributed by atoms with Crippen LogP contribution in [0.5, 0.6) is 0 Å². The topological polar surface area (TPSA) is 3.24 Å². The Morgan fingerprint density at radius 1 is 0.405 bits per heavy atom. The third-order valence-electron chi connectivity index (χ3n) is 8.06. The molecule has 0 aliphatic carbocycles. The fourth-order valence-electron chi connectivity index (χ4n) is 6.21. The highest BCUT2D eigenvalue weighted by atomic mass is 32.1. The molecule has 0 atom stereocenters. The third kappa shape index (κ3) is 4.08. The summed E-state index contributed by atoms with van der Waals surface area (Å²) in [6.45, 7) is 0. The molecule has 8 rings (SSSR count). The fraction of sp³-hybridized carbons (Fsp3) is 0. The van der Waals surface area contributed by atoms with Crippen LogP contribution in [0, 0.1) is 0 Å². The van der Waals surface area contributed by atoms with Crippen molar-refractivity contribution in [3.63, 3.8) is 0 Å². The van der Waals surface area contributed by atoms with Crippen LogP contribution in [0.3, 0.4) is 0 Å². The molecule has 0 bridgehead atoms. The van der Waals surface area contributed by atoms with Gasteiger partial charge in [-0.05, 0) is 57.8 Å². The van der Waals surface area contributed by atoms with Crippen molar-refractivity contribution in [1.82, 2.24) is 0 Å². The minimum absolute atomic E-state index is 1.14. The van der Waals surface area contributed by atoms with Crippen LogP contribution >= 0.6 is 11.3 Å². The average molecular weight is 554 g/mol. The Kier molecular flexibility index (Phi) is 6.05. The number of hydrogen-bond donors (Lipinski definition) is 0. The summed E-state index contributed by atoms with van der Waals surface area (Å²) in [7, 11) is 0. The van der Waals surface area contributed by atoms with E-state index in [-0.39, 0.29) is 0 Å². The van der Waals surface area contributed by atoms with E-state index in [1.54, 1.807) is 0 Å². The normalized spacial score (nSPS) is 11.3. The SMILES string of the molecule is c1ccc(-c2cccc3cccc(-c4ccccc4N(c4ccccc4)c4cccc5c4sc4ccccc45)c23)cc1. The van der Waals surface area contributed by atoms with Crippen molar-refractivity contribution < 1.29 is 0 Å². The summed E-state index contributed by atoms with van der Waals surface area (Å²) in [5.74, 6) is 0. The maximum absolute atomic E-state index is 2.44.